The predicted octanol–water partition coefficient (Wildman–Crippen LogP) is 4.25. The summed E-state index contributed by atoms with van der Waals surface area (Å²) in [5.41, 5.74) is 5.22. The summed E-state index contributed by atoms with van der Waals surface area (Å²) in [4.78, 5) is 33.3. The van der Waals surface area contributed by atoms with Crippen molar-refractivity contribution in [2.45, 2.75) is 97.0 Å². The van der Waals surface area contributed by atoms with Crippen molar-refractivity contribution >= 4 is 19.8 Å². The van der Waals surface area contributed by atoms with E-state index in [1.165, 1.54) is 38.5 Å². The van der Waals surface area contributed by atoms with Crippen LogP contribution in [-0.2, 0) is 32.7 Å². The summed E-state index contributed by atoms with van der Waals surface area (Å²) in [5.74, 6) is -0.896. The highest BCUT2D eigenvalue weighted by atomic mass is 31.2. The van der Waals surface area contributed by atoms with Gasteiger partial charge in [-0.25, -0.2) is 4.57 Å². The number of hydrogen-bond acceptors (Lipinski definition) is 8. The fourth-order valence-electron chi connectivity index (χ4n) is 2.79. The number of rotatable bonds is 21. The first-order valence-electron chi connectivity index (χ1n) is 11.5. The highest BCUT2D eigenvalue weighted by molar-refractivity contribution is 7.47. The first kappa shape index (κ1) is 30.0. The summed E-state index contributed by atoms with van der Waals surface area (Å²) in [6.07, 6.45) is 10.4. The van der Waals surface area contributed by atoms with Crippen molar-refractivity contribution in [3.05, 3.63) is 0 Å². The fourth-order valence-corrected chi connectivity index (χ4v) is 3.55. The molecule has 0 aliphatic rings. The van der Waals surface area contributed by atoms with Crippen LogP contribution in [0.15, 0.2) is 0 Å². The van der Waals surface area contributed by atoms with Gasteiger partial charge in [0.1, 0.15) is 6.61 Å². The molecule has 31 heavy (non-hydrogen) atoms. The van der Waals surface area contributed by atoms with Gasteiger partial charge in [0.2, 0.25) is 0 Å². The average Bonchev–Trinajstić information content (AvgIpc) is 2.73. The number of ether oxygens (including phenoxy) is 2. The number of phosphoric acid groups is 1. The second kappa shape index (κ2) is 19.7. The molecule has 0 saturated carbocycles. The van der Waals surface area contributed by atoms with Crippen molar-refractivity contribution < 1.29 is 37.6 Å². The fraction of sp³-hybridized carbons (Fsp3) is 0.905. The monoisotopic (exact) mass is 467 g/mol. The Morgan fingerprint density at radius 1 is 0.839 bits per heavy atom. The van der Waals surface area contributed by atoms with E-state index in [-0.39, 0.29) is 32.6 Å². The Morgan fingerprint density at radius 2 is 1.45 bits per heavy atom. The van der Waals surface area contributed by atoms with Gasteiger partial charge in [0, 0.05) is 19.4 Å². The lowest BCUT2D eigenvalue weighted by atomic mass is 10.1. The molecule has 0 fully saturated rings. The zero-order valence-corrected chi connectivity index (χ0v) is 20.1. The molecule has 2 atom stereocenters. The van der Waals surface area contributed by atoms with Crippen molar-refractivity contribution in [2.24, 2.45) is 5.73 Å². The second-order valence-corrected chi connectivity index (χ2v) is 8.96. The minimum Gasteiger partial charge on any atom is -0.462 e. The topological polar surface area (TPSA) is 134 Å². The Hall–Kier alpha value is -0.990. The average molecular weight is 468 g/mol. The van der Waals surface area contributed by atoms with Crippen molar-refractivity contribution in [3.63, 3.8) is 0 Å². The molecule has 1 unspecified atom stereocenters. The SMILES string of the molecule is CCCCCCCCCCCC(=O)OC[C@H](COP(=O)(O)OCCN)OC(=O)CCC. The molecule has 0 rings (SSSR count). The van der Waals surface area contributed by atoms with E-state index < -0.39 is 32.5 Å². The molecule has 10 heteroatoms. The number of carbonyl (C=O) groups is 2. The van der Waals surface area contributed by atoms with Gasteiger partial charge in [-0.1, -0.05) is 65.2 Å². The third-order valence-corrected chi connectivity index (χ3v) is 5.45. The molecule has 0 heterocycles. The molecule has 0 radical (unpaired) electrons. The van der Waals surface area contributed by atoms with Crippen molar-refractivity contribution in [1.29, 1.82) is 0 Å². The molecule has 0 aliphatic heterocycles. The molecule has 0 spiro atoms. The minimum atomic E-state index is -4.32. The first-order chi connectivity index (χ1) is 14.8. The molecule has 0 aliphatic carbocycles. The number of unbranched alkanes of at least 4 members (excludes halogenated alkanes) is 8. The van der Waals surface area contributed by atoms with E-state index >= 15 is 0 Å². The van der Waals surface area contributed by atoms with Crippen LogP contribution in [0.5, 0.6) is 0 Å². The number of phosphoric ester groups is 1. The predicted molar refractivity (Wildman–Crippen MR) is 118 cm³/mol. The highest BCUT2D eigenvalue weighted by Gasteiger charge is 2.25. The Morgan fingerprint density at radius 3 is 2.03 bits per heavy atom. The van der Waals surface area contributed by atoms with E-state index in [9.17, 15) is 19.0 Å². The van der Waals surface area contributed by atoms with Gasteiger partial charge >= 0.3 is 19.8 Å². The molecule has 0 aromatic heterocycles. The maximum Gasteiger partial charge on any atom is 0.472 e. The summed E-state index contributed by atoms with van der Waals surface area (Å²) in [6.45, 7) is 3.25. The van der Waals surface area contributed by atoms with E-state index in [1.807, 2.05) is 6.92 Å². The quantitative estimate of drug-likeness (QED) is 0.144. The highest BCUT2D eigenvalue weighted by Crippen LogP contribution is 2.43. The van der Waals surface area contributed by atoms with Crippen LogP contribution in [-0.4, -0.2) is 49.3 Å². The van der Waals surface area contributed by atoms with E-state index in [0.29, 0.717) is 6.42 Å². The molecule has 0 aromatic carbocycles. The summed E-state index contributed by atoms with van der Waals surface area (Å²) < 4.78 is 31.6. The van der Waals surface area contributed by atoms with Crippen molar-refractivity contribution in [3.8, 4) is 0 Å². The molecule has 0 aromatic rings. The zero-order valence-electron chi connectivity index (χ0n) is 19.2. The van der Waals surface area contributed by atoms with Crippen molar-refractivity contribution in [2.75, 3.05) is 26.4 Å². The largest absolute Gasteiger partial charge is 0.472 e. The molecule has 0 bridgehead atoms. The van der Waals surface area contributed by atoms with Gasteiger partial charge in [-0.3, -0.25) is 18.6 Å². The molecular weight excluding hydrogens is 425 g/mol. The summed E-state index contributed by atoms with van der Waals surface area (Å²) in [6, 6.07) is 0. The van der Waals surface area contributed by atoms with Gasteiger partial charge in [-0.15, -0.1) is 0 Å². The van der Waals surface area contributed by atoms with Crippen LogP contribution in [0.1, 0.15) is 90.9 Å². The molecule has 9 nitrogen and oxygen atoms in total. The van der Waals surface area contributed by atoms with Crippen LogP contribution in [0.4, 0.5) is 0 Å². The number of hydrogen-bond donors (Lipinski definition) is 2. The van der Waals surface area contributed by atoms with Gasteiger partial charge in [0.25, 0.3) is 0 Å². The Labute approximate surface area is 186 Å². The van der Waals surface area contributed by atoms with Crippen LogP contribution in [0, 0.1) is 0 Å². The molecule has 184 valence electrons. The molecule has 0 amide bonds. The van der Waals surface area contributed by atoms with Crippen LogP contribution >= 0.6 is 7.82 Å². The van der Waals surface area contributed by atoms with E-state index in [0.717, 1.165) is 19.3 Å². The lowest BCUT2D eigenvalue weighted by molar-refractivity contribution is -0.161. The summed E-state index contributed by atoms with van der Waals surface area (Å²) in [5, 5.41) is 0. The maximum atomic E-state index is 12.0. The van der Waals surface area contributed by atoms with Crippen LogP contribution in [0.25, 0.3) is 0 Å². The summed E-state index contributed by atoms with van der Waals surface area (Å²) >= 11 is 0. The molecule has 3 N–H and O–H groups in total. The smallest absolute Gasteiger partial charge is 0.462 e. The Bertz CT molecular complexity index is 518. The van der Waals surface area contributed by atoms with Gasteiger partial charge < -0.3 is 20.1 Å². The van der Waals surface area contributed by atoms with Crippen LogP contribution < -0.4 is 5.73 Å². The van der Waals surface area contributed by atoms with Crippen molar-refractivity contribution in [1.82, 2.24) is 0 Å². The molecular formula is C21H42NO8P. The third-order valence-electron chi connectivity index (χ3n) is 4.46. The van der Waals surface area contributed by atoms with Gasteiger partial charge in [-0.05, 0) is 12.8 Å². The summed E-state index contributed by atoms with van der Waals surface area (Å²) in [7, 11) is -4.32. The van der Waals surface area contributed by atoms with Crippen LogP contribution in [0.3, 0.4) is 0 Å². The third kappa shape index (κ3) is 19.4. The van der Waals surface area contributed by atoms with Gasteiger partial charge in [0.15, 0.2) is 6.10 Å². The number of nitrogens with two attached hydrogens (primary N) is 1. The van der Waals surface area contributed by atoms with E-state index in [4.69, 9.17) is 19.7 Å². The Kier molecular flexibility index (Phi) is 19.0. The van der Waals surface area contributed by atoms with Gasteiger partial charge in [0.05, 0.1) is 13.2 Å². The lowest BCUT2D eigenvalue weighted by Gasteiger charge is -2.19. The van der Waals surface area contributed by atoms with E-state index in [1.54, 1.807) is 0 Å². The second-order valence-electron chi connectivity index (χ2n) is 7.51. The van der Waals surface area contributed by atoms with Crippen LogP contribution in [0.2, 0.25) is 0 Å². The minimum absolute atomic E-state index is 0.0549. The zero-order chi connectivity index (χ0) is 23.4. The molecule has 0 saturated heterocycles. The Balaban J connectivity index is 4.19. The maximum absolute atomic E-state index is 12.0. The number of carbonyl (C=O) groups excluding carboxylic acids is 2. The first-order valence-corrected chi connectivity index (χ1v) is 13.0. The van der Waals surface area contributed by atoms with E-state index in [2.05, 4.69) is 11.4 Å². The standard InChI is InChI=1S/C21H42NO8P/c1-3-5-6-7-8-9-10-11-12-14-20(23)27-17-19(30-21(24)13-4-2)18-29-31(25,26)28-16-15-22/h19H,3-18,22H2,1-2H3,(H,25,26)/t19-/m1/s1. The lowest BCUT2D eigenvalue weighted by Crippen LogP contribution is -2.29. The normalized spacial score (nSPS) is 14.1. The van der Waals surface area contributed by atoms with Gasteiger partial charge in [-0.2, -0.15) is 0 Å². The number of esters is 2.